The van der Waals surface area contributed by atoms with E-state index in [9.17, 15) is 4.79 Å². The molecule has 0 aromatic heterocycles. The van der Waals surface area contributed by atoms with Gasteiger partial charge in [0.15, 0.2) is 0 Å². The molecule has 0 bridgehead atoms. The molecule has 138 valence electrons. The molecule has 0 aliphatic heterocycles. The zero-order valence-corrected chi connectivity index (χ0v) is 16.0. The van der Waals surface area contributed by atoms with Crippen molar-refractivity contribution in [1.29, 1.82) is 0 Å². The Kier molecular flexibility index (Phi) is 17.1. The lowest BCUT2D eigenvalue weighted by atomic mass is 10.1. The molecule has 0 saturated carbocycles. The molecule has 3 nitrogen and oxygen atoms in total. The summed E-state index contributed by atoms with van der Waals surface area (Å²) in [7, 11) is 0. The second kappa shape index (κ2) is 17.6. The lowest BCUT2D eigenvalue weighted by Gasteiger charge is -2.20. The summed E-state index contributed by atoms with van der Waals surface area (Å²) < 4.78 is 0. The molecule has 0 aromatic rings. The smallest absolute Gasteiger partial charge is 0.314 e. The highest BCUT2D eigenvalue weighted by Gasteiger charge is 2.08. The molecule has 2 amide bonds. The second-order valence-electron chi connectivity index (χ2n) is 6.92. The molecule has 0 radical (unpaired) electrons. The first-order valence-corrected chi connectivity index (χ1v) is 10.3. The molecular weight excluding hydrogens is 284 g/mol. The van der Waals surface area contributed by atoms with Crippen molar-refractivity contribution in [1.82, 2.24) is 4.90 Å². The van der Waals surface area contributed by atoms with E-state index < -0.39 is 0 Å². The molecule has 3 heteroatoms. The van der Waals surface area contributed by atoms with E-state index in [1.807, 2.05) is 4.90 Å². The van der Waals surface area contributed by atoms with Crippen LogP contribution in [0.1, 0.15) is 110 Å². The molecule has 0 heterocycles. The first-order chi connectivity index (χ1) is 11.2. The molecule has 0 spiro atoms. The Balaban J connectivity index is 3.50. The van der Waals surface area contributed by atoms with Gasteiger partial charge in [0.25, 0.3) is 0 Å². The summed E-state index contributed by atoms with van der Waals surface area (Å²) in [6.45, 7) is 6.19. The molecule has 0 aromatic carbocycles. The average molecular weight is 327 g/mol. The maximum Gasteiger partial charge on any atom is 0.314 e. The van der Waals surface area contributed by atoms with Crippen molar-refractivity contribution in [2.24, 2.45) is 5.73 Å². The predicted octanol–water partition coefficient (Wildman–Crippen LogP) is 6.26. The van der Waals surface area contributed by atoms with E-state index in [0.29, 0.717) is 0 Å². The molecule has 0 aliphatic rings. The number of carbonyl (C=O) groups is 1. The first-order valence-electron chi connectivity index (χ1n) is 10.3. The number of urea groups is 1. The summed E-state index contributed by atoms with van der Waals surface area (Å²) in [5.41, 5.74) is 5.50. The van der Waals surface area contributed by atoms with Crippen LogP contribution in [-0.2, 0) is 0 Å². The minimum absolute atomic E-state index is 0.237. The van der Waals surface area contributed by atoms with E-state index in [4.69, 9.17) is 5.73 Å². The SMILES string of the molecule is CCCCCCCCCCN(CCCCCCCCC)C(N)=O. The van der Waals surface area contributed by atoms with E-state index >= 15 is 0 Å². The van der Waals surface area contributed by atoms with Gasteiger partial charge >= 0.3 is 6.03 Å². The Morgan fingerprint density at radius 2 is 0.913 bits per heavy atom. The van der Waals surface area contributed by atoms with Crippen LogP contribution in [0.3, 0.4) is 0 Å². The molecule has 2 N–H and O–H groups in total. The number of hydrogen-bond acceptors (Lipinski definition) is 1. The number of unbranched alkanes of at least 4 members (excludes halogenated alkanes) is 13. The van der Waals surface area contributed by atoms with Crippen LogP contribution in [0.2, 0.25) is 0 Å². The first kappa shape index (κ1) is 22.3. The predicted molar refractivity (Wildman–Crippen MR) is 102 cm³/mol. The number of amides is 2. The van der Waals surface area contributed by atoms with Gasteiger partial charge < -0.3 is 10.6 Å². The van der Waals surface area contributed by atoms with Gasteiger partial charge in [0, 0.05) is 13.1 Å². The number of primary amides is 1. The van der Waals surface area contributed by atoms with Crippen molar-refractivity contribution in [3.8, 4) is 0 Å². The van der Waals surface area contributed by atoms with Crippen LogP contribution < -0.4 is 5.73 Å². The van der Waals surface area contributed by atoms with Crippen LogP contribution in [0.4, 0.5) is 4.79 Å². The zero-order valence-electron chi connectivity index (χ0n) is 16.0. The summed E-state index contributed by atoms with van der Waals surface area (Å²) >= 11 is 0. The third-order valence-corrected chi connectivity index (χ3v) is 4.62. The quantitative estimate of drug-likeness (QED) is 0.315. The summed E-state index contributed by atoms with van der Waals surface area (Å²) in [5, 5.41) is 0. The van der Waals surface area contributed by atoms with Crippen LogP contribution in [0.25, 0.3) is 0 Å². The summed E-state index contributed by atoms with van der Waals surface area (Å²) in [4.78, 5) is 13.3. The Labute approximate surface area is 145 Å². The minimum Gasteiger partial charge on any atom is -0.351 e. The lowest BCUT2D eigenvalue weighted by Crippen LogP contribution is -2.37. The van der Waals surface area contributed by atoms with E-state index in [1.54, 1.807) is 0 Å². The highest BCUT2D eigenvalue weighted by molar-refractivity contribution is 5.71. The van der Waals surface area contributed by atoms with Crippen LogP contribution in [0.15, 0.2) is 0 Å². The highest BCUT2D eigenvalue weighted by atomic mass is 16.2. The summed E-state index contributed by atoms with van der Waals surface area (Å²) in [5.74, 6) is 0. The number of rotatable bonds is 17. The lowest BCUT2D eigenvalue weighted by molar-refractivity contribution is 0.204. The van der Waals surface area contributed by atoms with Crippen molar-refractivity contribution in [3.05, 3.63) is 0 Å². The number of hydrogen-bond donors (Lipinski definition) is 1. The third kappa shape index (κ3) is 15.9. The standard InChI is InChI=1S/C20H42N2O/c1-3-5-7-9-11-13-15-17-19-22(20(21)23)18-16-14-12-10-8-6-4-2/h3-19H2,1-2H3,(H2,21,23). The molecule has 0 rings (SSSR count). The van der Waals surface area contributed by atoms with Crippen LogP contribution in [-0.4, -0.2) is 24.0 Å². The summed E-state index contributed by atoms with van der Waals surface area (Å²) in [6.07, 6.45) is 19.4. The molecule has 0 saturated heterocycles. The fourth-order valence-corrected chi connectivity index (χ4v) is 3.03. The van der Waals surface area contributed by atoms with Gasteiger partial charge in [0.1, 0.15) is 0 Å². The van der Waals surface area contributed by atoms with Gasteiger partial charge in [0.05, 0.1) is 0 Å². The number of nitrogens with zero attached hydrogens (tertiary/aromatic N) is 1. The largest absolute Gasteiger partial charge is 0.351 e. The maximum absolute atomic E-state index is 11.5. The number of nitrogens with two attached hydrogens (primary N) is 1. The number of carbonyl (C=O) groups excluding carboxylic acids is 1. The molecule has 0 unspecified atom stereocenters. The van der Waals surface area contributed by atoms with Crippen molar-refractivity contribution in [3.63, 3.8) is 0 Å². The van der Waals surface area contributed by atoms with Gasteiger partial charge in [-0.3, -0.25) is 0 Å². The second-order valence-corrected chi connectivity index (χ2v) is 6.92. The van der Waals surface area contributed by atoms with E-state index in [2.05, 4.69) is 13.8 Å². The van der Waals surface area contributed by atoms with E-state index in [-0.39, 0.29) is 6.03 Å². The van der Waals surface area contributed by atoms with Crippen molar-refractivity contribution in [2.45, 2.75) is 110 Å². The van der Waals surface area contributed by atoms with Crippen molar-refractivity contribution < 1.29 is 4.79 Å². The molecular formula is C20H42N2O. The normalized spacial score (nSPS) is 10.9. The van der Waals surface area contributed by atoms with Crippen molar-refractivity contribution >= 4 is 6.03 Å². The zero-order chi connectivity index (χ0) is 17.2. The van der Waals surface area contributed by atoms with Gasteiger partial charge in [-0.05, 0) is 12.8 Å². The Hall–Kier alpha value is -0.730. The molecule has 23 heavy (non-hydrogen) atoms. The Morgan fingerprint density at radius 1 is 0.609 bits per heavy atom. The topological polar surface area (TPSA) is 46.3 Å². The monoisotopic (exact) mass is 326 g/mol. The van der Waals surface area contributed by atoms with Crippen LogP contribution in [0, 0.1) is 0 Å². The summed E-state index contributed by atoms with van der Waals surface area (Å²) in [6, 6.07) is -0.237. The maximum atomic E-state index is 11.5. The molecule has 0 aliphatic carbocycles. The fraction of sp³-hybridized carbons (Fsp3) is 0.950. The van der Waals surface area contributed by atoms with Gasteiger partial charge in [-0.15, -0.1) is 0 Å². The van der Waals surface area contributed by atoms with E-state index in [1.165, 1.54) is 83.5 Å². The van der Waals surface area contributed by atoms with Crippen LogP contribution in [0.5, 0.6) is 0 Å². The van der Waals surface area contributed by atoms with Crippen LogP contribution >= 0.6 is 0 Å². The van der Waals surface area contributed by atoms with Gasteiger partial charge in [-0.25, -0.2) is 4.79 Å². The highest BCUT2D eigenvalue weighted by Crippen LogP contribution is 2.10. The fourth-order valence-electron chi connectivity index (χ4n) is 3.03. The van der Waals surface area contributed by atoms with Crippen molar-refractivity contribution in [2.75, 3.05) is 13.1 Å². The van der Waals surface area contributed by atoms with E-state index in [0.717, 1.165) is 25.9 Å². The van der Waals surface area contributed by atoms with Gasteiger partial charge in [-0.2, -0.15) is 0 Å². The van der Waals surface area contributed by atoms with Gasteiger partial charge in [-0.1, -0.05) is 97.3 Å². The molecule has 0 atom stereocenters. The third-order valence-electron chi connectivity index (χ3n) is 4.62. The Morgan fingerprint density at radius 3 is 1.22 bits per heavy atom. The molecule has 0 fully saturated rings. The Bertz CT molecular complexity index is 256. The average Bonchev–Trinajstić information content (AvgIpc) is 2.54. The minimum atomic E-state index is -0.237. The van der Waals surface area contributed by atoms with Gasteiger partial charge in [0.2, 0.25) is 0 Å².